The Bertz CT molecular complexity index is 523. The van der Waals surface area contributed by atoms with Crippen LogP contribution in [0.15, 0.2) is 22.4 Å². The fraction of sp³-hybridized carbons (Fsp3) is 0.100. The van der Waals surface area contributed by atoms with Gasteiger partial charge in [0, 0.05) is 26.0 Å². The first-order valence-corrected chi connectivity index (χ1v) is 6.11. The monoisotopic (exact) mass is 220 g/mol. The number of nitrogens with zero attached hydrogens (tertiary/aromatic N) is 1. The third-order valence-corrected chi connectivity index (χ3v) is 3.84. The first-order valence-electron chi connectivity index (χ1n) is 4.01. The molecule has 2 rings (SSSR count). The number of nitriles is 1. The van der Waals surface area contributed by atoms with Crippen molar-refractivity contribution >= 4 is 38.9 Å². The highest BCUT2D eigenvalue weighted by Crippen LogP contribution is 2.35. The number of benzene rings is 1. The molecule has 0 aliphatic carbocycles. The van der Waals surface area contributed by atoms with Gasteiger partial charge in [-0.1, -0.05) is 0 Å². The Balaban J connectivity index is 2.87. The Morgan fingerprint density at radius 2 is 2.29 bits per heavy atom. The summed E-state index contributed by atoms with van der Waals surface area (Å²) in [6.07, 6.45) is 2.01. The molecule has 0 atom stereocenters. The number of anilines is 1. The van der Waals surface area contributed by atoms with Crippen LogP contribution >= 0.6 is 23.1 Å². The van der Waals surface area contributed by atoms with E-state index in [1.807, 2.05) is 12.3 Å². The second-order valence-electron chi connectivity index (χ2n) is 2.86. The summed E-state index contributed by atoms with van der Waals surface area (Å²) in [4.78, 5) is 1.15. The largest absolute Gasteiger partial charge is 0.399 e. The van der Waals surface area contributed by atoms with E-state index in [1.54, 1.807) is 29.2 Å². The Morgan fingerprint density at radius 1 is 1.50 bits per heavy atom. The summed E-state index contributed by atoms with van der Waals surface area (Å²) in [5.41, 5.74) is 7.03. The molecule has 0 aliphatic rings. The second kappa shape index (κ2) is 3.52. The van der Waals surface area contributed by atoms with E-state index in [4.69, 9.17) is 11.0 Å². The van der Waals surface area contributed by atoms with Gasteiger partial charge in [0.15, 0.2) is 0 Å². The Labute approximate surface area is 90.3 Å². The van der Waals surface area contributed by atoms with E-state index in [2.05, 4.69) is 11.4 Å². The molecule has 2 nitrogen and oxygen atoms in total. The van der Waals surface area contributed by atoms with Gasteiger partial charge in [-0.2, -0.15) is 5.26 Å². The third-order valence-electron chi connectivity index (χ3n) is 2.00. The number of thiophene rings is 1. The molecule has 0 spiro atoms. The number of thioether (sulfide) groups is 1. The molecule has 0 bridgehead atoms. The first-order chi connectivity index (χ1) is 6.76. The number of nitrogens with two attached hydrogens (primary N) is 1. The first kappa shape index (κ1) is 9.38. The van der Waals surface area contributed by atoms with Crippen LogP contribution in [-0.4, -0.2) is 6.26 Å². The number of rotatable bonds is 1. The minimum absolute atomic E-state index is 0.656. The van der Waals surface area contributed by atoms with E-state index in [9.17, 15) is 0 Å². The Hall–Kier alpha value is -1.18. The van der Waals surface area contributed by atoms with Gasteiger partial charge in [-0.25, -0.2) is 0 Å². The van der Waals surface area contributed by atoms with Crippen LogP contribution in [0.1, 0.15) is 5.56 Å². The predicted molar refractivity (Wildman–Crippen MR) is 62.7 cm³/mol. The standard InChI is InChI=1S/C10H8N2S2/c1-13-9-5-14-8-3-7(12)2-6(4-11)10(8)9/h2-3,5H,12H2,1H3. The highest BCUT2D eigenvalue weighted by atomic mass is 32.2. The highest BCUT2D eigenvalue weighted by molar-refractivity contribution is 7.99. The summed E-state index contributed by atoms with van der Waals surface area (Å²) in [6, 6.07) is 5.83. The van der Waals surface area contributed by atoms with Crippen molar-refractivity contribution in [3.05, 3.63) is 23.1 Å². The average molecular weight is 220 g/mol. The molecule has 1 heterocycles. The number of fused-ring (bicyclic) bond motifs is 1. The molecule has 0 radical (unpaired) electrons. The van der Waals surface area contributed by atoms with E-state index in [-0.39, 0.29) is 0 Å². The summed E-state index contributed by atoms with van der Waals surface area (Å²) in [5.74, 6) is 0. The average Bonchev–Trinajstić information content (AvgIpc) is 2.59. The number of nitrogen functional groups attached to an aromatic ring is 1. The fourth-order valence-corrected chi connectivity index (χ4v) is 3.31. The van der Waals surface area contributed by atoms with Crippen molar-refractivity contribution in [2.75, 3.05) is 12.0 Å². The molecule has 0 saturated carbocycles. The van der Waals surface area contributed by atoms with Crippen LogP contribution in [0.3, 0.4) is 0 Å². The zero-order valence-electron chi connectivity index (χ0n) is 7.57. The summed E-state index contributed by atoms with van der Waals surface area (Å²) in [7, 11) is 0. The molecule has 4 heteroatoms. The minimum Gasteiger partial charge on any atom is -0.399 e. The van der Waals surface area contributed by atoms with Crippen LogP contribution in [0, 0.1) is 11.3 Å². The topological polar surface area (TPSA) is 49.8 Å². The lowest BCUT2D eigenvalue weighted by atomic mass is 10.1. The minimum atomic E-state index is 0.656. The molecule has 1 aromatic heterocycles. The molecule has 0 unspecified atom stereocenters. The van der Waals surface area contributed by atoms with Crippen molar-refractivity contribution in [1.29, 1.82) is 5.26 Å². The van der Waals surface area contributed by atoms with Gasteiger partial charge in [0.1, 0.15) is 0 Å². The van der Waals surface area contributed by atoms with E-state index >= 15 is 0 Å². The quantitative estimate of drug-likeness (QED) is 0.593. The van der Waals surface area contributed by atoms with Gasteiger partial charge >= 0.3 is 0 Å². The molecular weight excluding hydrogens is 212 g/mol. The van der Waals surface area contributed by atoms with Gasteiger partial charge in [0.05, 0.1) is 11.6 Å². The molecule has 70 valence electrons. The Kier molecular flexibility index (Phi) is 2.36. The number of hydrogen-bond donors (Lipinski definition) is 1. The van der Waals surface area contributed by atoms with Gasteiger partial charge in [0.2, 0.25) is 0 Å². The molecule has 14 heavy (non-hydrogen) atoms. The maximum absolute atomic E-state index is 8.99. The summed E-state index contributed by atoms with van der Waals surface area (Å²) in [6.45, 7) is 0. The van der Waals surface area contributed by atoms with Crippen LogP contribution in [0.25, 0.3) is 10.1 Å². The van der Waals surface area contributed by atoms with E-state index in [0.29, 0.717) is 11.3 Å². The van der Waals surface area contributed by atoms with Gasteiger partial charge < -0.3 is 5.73 Å². The smallest absolute Gasteiger partial charge is 0.0999 e. The van der Waals surface area contributed by atoms with Gasteiger partial charge in [-0.3, -0.25) is 0 Å². The summed E-state index contributed by atoms with van der Waals surface area (Å²) in [5, 5.41) is 12.1. The molecule has 0 amide bonds. The van der Waals surface area contributed by atoms with Crippen LogP contribution in [0.5, 0.6) is 0 Å². The number of hydrogen-bond acceptors (Lipinski definition) is 4. The lowest BCUT2D eigenvalue weighted by Crippen LogP contribution is -1.86. The van der Waals surface area contributed by atoms with E-state index in [0.717, 1.165) is 15.0 Å². The zero-order chi connectivity index (χ0) is 10.1. The Morgan fingerprint density at radius 3 is 2.93 bits per heavy atom. The summed E-state index contributed by atoms with van der Waals surface area (Å²) < 4.78 is 1.09. The molecule has 1 aromatic carbocycles. The van der Waals surface area contributed by atoms with Crippen molar-refractivity contribution < 1.29 is 0 Å². The van der Waals surface area contributed by atoms with Crippen LogP contribution < -0.4 is 5.73 Å². The zero-order valence-corrected chi connectivity index (χ0v) is 9.21. The lowest BCUT2D eigenvalue weighted by molar-refractivity contribution is 1.49. The van der Waals surface area contributed by atoms with Crippen molar-refractivity contribution in [3.8, 4) is 6.07 Å². The predicted octanol–water partition coefficient (Wildman–Crippen LogP) is 3.08. The molecular formula is C10H8N2S2. The van der Waals surface area contributed by atoms with Gasteiger partial charge in [-0.05, 0) is 18.4 Å². The maximum Gasteiger partial charge on any atom is 0.0999 e. The van der Waals surface area contributed by atoms with Crippen LogP contribution in [0.2, 0.25) is 0 Å². The third kappa shape index (κ3) is 1.35. The molecule has 0 aliphatic heterocycles. The van der Waals surface area contributed by atoms with Crippen LogP contribution in [0.4, 0.5) is 5.69 Å². The molecule has 0 fully saturated rings. The van der Waals surface area contributed by atoms with Gasteiger partial charge in [0.25, 0.3) is 0 Å². The van der Waals surface area contributed by atoms with Crippen LogP contribution in [-0.2, 0) is 0 Å². The highest BCUT2D eigenvalue weighted by Gasteiger charge is 2.08. The van der Waals surface area contributed by atoms with Gasteiger partial charge in [-0.15, -0.1) is 23.1 Å². The molecule has 2 aromatic rings. The van der Waals surface area contributed by atoms with Crippen molar-refractivity contribution in [1.82, 2.24) is 0 Å². The second-order valence-corrected chi connectivity index (χ2v) is 4.62. The van der Waals surface area contributed by atoms with E-state index in [1.165, 1.54) is 0 Å². The van der Waals surface area contributed by atoms with Crippen molar-refractivity contribution in [3.63, 3.8) is 0 Å². The van der Waals surface area contributed by atoms with E-state index < -0.39 is 0 Å². The van der Waals surface area contributed by atoms with Crippen molar-refractivity contribution in [2.24, 2.45) is 0 Å². The normalized spacial score (nSPS) is 10.3. The maximum atomic E-state index is 8.99. The SMILES string of the molecule is CSc1csc2cc(N)cc(C#N)c12. The van der Waals surface area contributed by atoms with Crippen molar-refractivity contribution in [2.45, 2.75) is 4.90 Å². The summed E-state index contributed by atoms with van der Waals surface area (Å²) >= 11 is 3.29. The molecule has 0 saturated heterocycles. The lowest BCUT2D eigenvalue weighted by Gasteiger charge is -1.99. The fourth-order valence-electron chi connectivity index (χ4n) is 1.40. The molecule has 2 N–H and O–H groups in total.